The van der Waals surface area contributed by atoms with Crippen molar-refractivity contribution in [1.82, 2.24) is 9.38 Å². The molecule has 0 aliphatic rings. The molecule has 4 rings (SSSR count). The van der Waals surface area contributed by atoms with E-state index in [1.54, 1.807) is 42.5 Å². The first kappa shape index (κ1) is 19.1. The van der Waals surface area contributed by atoms with Gasteiger partial charge in [0.05, 0.1) is 17.0 Å². The van der Waals surface area contributed by atoms with Gasteiger partial charge >= 0.3 is 0 Å². The number of nitro benzene ring substituents is 1. The molecule has 1 N–H and O–H groups in total. The number of carbonyl (C=O) groups excluding carboxylic acids is 1. The Labute approximate surface area is 171 Å². The molecule has 0 aliphatic carbocycles. The number of hydrogen-bond acceptors (Lipinski definition) is 5. The summed E-state index contributed by atoms with van der Waals surface area (Å²) in [6, 6.07) is 18.9. The van der Waals surface area contributed by atoms with Crippen LogP contribution in [-0.4, -0.2) is 20.2 Å². The molecule has 2 aromatic heterocycles. The molecule has 0 unspecified atom stereocenters. The van der Waals surface area contributed by atoms with Crippen molar-refractivity contribution < 1.29 is 14.5 Å². The highest BCUT2D eigenvalue weighted by atomic mass is 16.6. The molecular formula is C22H18N4O4. The zero-order valence-electron chi connectivity index (χ0n) is 15.9. The molecule has 0 fully saturated rings. The van der Waals surface area contributed by atoms with Crippen LogP contribution in [0.1, 0.15) is 11.3 Å². The first-order valence-corrected chi connectivity index (χ1v) is 9.26. The predicted molar refractivity (Wildman–Crippen MR) is 111 cm³/mol. The number of nitrogens with one attached hydrogen (secondary N) is 1. The van der Waals surface area contributed by atoms with E-state index in [-0.39, 0.29) is 24.6 Å². The fourth-order valence-electron chi connectivity index (χ4n) is 3.09. The number of benzene rings is 2. The molecule has 0 saturated carbocycles. The van der Waals surface area contributed by atoms with Gasteiger partial charge in [0.2, 0.25) is 5.91 Å². The summed E-state index contributed by atoms with van der Waals surface area (Å²) in [6.45, 7) is 0.287. The Bertz CT molecular complexity index is 1190. The normalized spacial score (nSPS) is 10.7. The highest BCUT2D eigenvalue weighted by Gasteiger charge is 2.15. The number of hydrogen-bond donors (Lipinski definition) is 1. The van der Waals surface area contributed by atoms with Crippen LogP contribution in [0.4, 0.5) is 11.4 Å². The molecule has 1 amide bonds. The molecule has 8 nitrogen and oxygen atoms in total. The molecular weight excluding hydrogens is 384 g/mol. The molecule has 2 heterocycles. The minimum absolute atomic E-state index is 0.0720. The Morgan fingerprint density at radius 1 is 1.10 bits per heavy atom. The number of aromatic nitrogens is 2. The smallest absolute Gasteiger partial charge is 0.273 e. The van der Waals surface area contributed by atoms with E-state index in [0.29, 0.717) is 17.0 Å². The summed E-state index contributed by atoms with van der Waals surface area (Å²) < 4.78 is 7.71. The Morgan fingerprint density at radius 2 is 1.93 bits per heavy atom. The fraction of sp³-hybridized carbons (Fsp3) is 0.0909. The minimum atomic E-state index is -0.490. The maximum atomic E-state index is 12.4. The number of anilines is 1. The van der Waals surface area contributed by atoms with Crippen LogP contribution in [0.2, 0.25) is 0 Å². The van der Waals surface area contributed by atoms with E-state index >= 15 is 0 Å². The second-order valence-corrected chi connectivity index (χ2v) is 6.63. The third-order valence-electron chi connectivity index (χ3n) is 4.46. The number of amides is 1. The van der Waals surface area contributed by atoms with Crippen LogP contribution in [0.15, 0.2) is 79.1 Å². The Morgan fingerprint density at radius 3 is 2.77 bits per heavy atom. The quantitative estimate of drug-likeness (QED) is 0.372. The molecule has 4 aromatic rings. The second-order valence-electron chi connectivity index (χ2n) is 6.63. The number of imidazole rings is 1. The van der Waals surface area contributed by atoms with E-state index < -0.39 is 4.92 Å². The third kappa shape index (κ3) is 4.44. The van der Waals surface area contributed by atoms with Gasteiger partial charge in [0, 0.05) is 35.8 Å². The van der Waals surface area contributed by atoms with Crippen molar-refractivity contribution in [1.29, 1.82) is 0 Å². The van der Waals surface area contributed by atoms with Crippen molar-refractivity contribution in [2.45, 2.75) is 13.0 Å². The van der Waals surface area contributed by atoms with Crippen LogP contribution >= 0.6 is 0 Å². The number of fused-ring (bicyclic) bond motifs is 1. The van der Waals surface area contributed by atoms with Gasteiger partial charge in [-0.3, -0.25) is 14.9 Å². The Balaban J connectivity index is 1.39. The van der Waals surface area contributed by atoms with Gasteiger partial charge in [-0.15, -0.1) is 0 Å². The summed E-state index contributed by atoms with van der Waals surface area (Å²) in [5.74, 6) is 0.234. The van der Waals surface area contributed by atoms with Crippen LogP contribution in [0.5, 0.6) is 5.75 Å². The van der Waals surface area contributed by atoms with E-state index in [1.165, 1.54) is 6.07 Å². The van der Waals surface area contributed by atoms with Gasteiger partial charge in [-0.2, -0.15) is 0 Å². The molecule has 0 spiro atoms. The van der Waals surface area contributed by atoms with Gasteiger partial charge in [-0.05, 0) is 24.3 Å². The van der Waals surface area contributed by atoms with E-state index in [4.69, 9.17) is 4.74 Å². The van der Waals surface area contributed by atoms with Gasteiger partial charge in [0.25, 0.3) is 5.69 Å². The van der Waals surface area contributed by atoms with E-state index in [1.807, 2.05) is 35.0 Å². The molecule has 0 radical (unpaired) electrons. The fourth-order valence-corrected chi connectivity index (χ4v) is 3.09. The predicted octanol–water partition coefficient (Wildman–Crippen LogP) is 4.00. The average molecular weight is 402 g/mol. The number of nitrogens with zero attached hydrogens (tertiary/aromatic N) is 3. The van der Waals surface area contributed by atoms with Crippen molar-refractivity contribution in [3.8, 4) is 5.75 Å². The van der Waals surface area contributed by atoms with Gasteiger partial charge in [0.15, 0.2) is 0 Å². The maximum Gasteiger partial charge on any atom is 0.273 e. The van der Waals surface area contributed by atoms with Crippen LogP contribution in [0.25, 0.3) is 5.65 Å². The van der Waals surface area contributed by atoms with E-state index in [0.717, 1.165) is 11.3 Å². The number of pyridine rings is 1. The van der Waals surface area contributed by atoms with Crippen molar-refractivity contribution >= 4 is 22.9 Å². The summed E-state index contributed by atoms with van der Waals surface area (Å²) in [5.41, 5.74) is 2.46. The van der Waals surface area contributed by atoms with Gasteiger partial charge < -0.3 is 14.5 Å². The summed E-state index contributed by atoms with van der Waals surface area (Å²) in [7, 11) is 0. The van der Waals surface area contributed by atoms with Crippen LogP contribution in [0, 0.1) is 10.1 Å². The number of carbonyl (C=O) groups is 1. The molecule has 8 heteroatoms. The van der Waals surface area contributed by atoms with Crippen LogP contribution < -0.4 is 10.1 Å². The number of ether oxygens (including phenoxy) is 1. The lowest BCUT2D eigenvalue weighted by atomic mass is 10.1. The van der Waals surface area contributed by atoms with Gasteiger partial charge in [-0.1, -0.05) is 30.3 Å². The van der Waals surface area contributed by atoms with E-state index in [9.17, 15) is 14.9 Å². The molecule has 2 aromatic carbocycles. The van der Waals surface area contributed by atoms with Crippen molar-refractivity contribution in [2.75, 3.05) is 5.32 Å². The molecule has 0 saturated heterocycles. The third-order valence-corrected chi connectivity index (χ3v) is 4.46. The highest BCUT2D eigenvalue weighted by Crippen LogP contribution is 2.21. The largest absolute Gasteiger partial charge is 0.487 e. The SMILES string of the molecule is O=C(Cc1ccccc1[N+](=O)[O-])Nc1cccc(OCc2cn3ccccc3n2)c1. The molecule has 0 atom stereocenters. The lowest BCUT2D eigenvalue weighted by molar-refractivity contribution is -0.385. The molecule has 150 valence electrons. The number of para-hydroxylation sites is 1. The summed E-state index contributed by atoms with van der Waals surface area (Å²) in [6.07, 6.45) is 3.72. The molecule has 30 heavy (non-hydrogen) atoms. The van der Waals surface area contributed by atoms with Gasteiger partial charge in [0.1, 0.15) is 18.0 Å². The zero-order valence-corrected chi connectivity index (χ0v) is 15.9. The molecule has 0 bridgehead atoms. The molecule has 0 aliphatic heterocycles. The number of nitro groups is 1. The van der Waals surface area contributed by atoms with Crippen molar-refractivity contribution in [3.63, 3.8) is 0 Å². The highest BCUT2D eigenvalue weighted by molar-refractivity contribution is 5.93. The van der Waals surface area contributed by atoms with Crippen molar-refractivity contribution in [3.05, 3.63) is 100 Å². The van der Waals surface area contributed by atoms with E-state index in [2.05, 4.69) is 10.3 Å². The summed E-state index contributed by atoms with van der Waals surface area (Å²) in [4.78, 5) is 27.5. The maximum absolute atomic E-state index is 12.4. The van der Waals surface area contributed by atoms with Crippen LogP contribution in [-0.2, 0) is 17.8 Å². The second kappa shape index (κ2) is 8.44. The number of rotatable bonds is 7. The topological polar surface area (TPSA) is 98.8 Å². The Hall–Kier alpha value is -4.20. The first-order valence-electron chi connectivity index (χ1n) is 9.26. The lowest BCUT2D eigenvalue weighted by Crippen LogP contribution is -2.15. The monoisotopic (exact) mass is 402 g/mol. The Kier molecular flexibility index (Phi) is 5.38. The van der Waals surface area contributed by atoms with Gasteiger partial charge in [-0.25, -0.2) is 4.98 Å². The summed E-state index contributed by atoms with van der Waals surface area (Å²) >= 11 is 0. The van der Waals surface area contributed by atoms with Crippen LogP contribution in [0.3, 0.4) is 0 Å². The van der Waals surface area contributed by atoms with Crippen molar-refractivity contribution in [2.24, 2.45) is 0 Å². The standard InChI is InChI=1S/C22H18N4O4/c27-22(12-16-6-1-2-9-20(16)26(28)29)24-17-7-5-8-19(13-17)30-15-18-14-25-11-4-3-10-21(25)23-18/h1-11,13-14H,12,15H2,(H,24,27). The average Bonchev–Trinajstić information content (AvgIpc) is 3.16. The minimum Gasteiger partial charge on any atom is -0.487 e. The lowest BCUT2D eigenvalue weighted by Gasteiger charge is -2.09. The summed E-state index contributed by atoms with van der Waals surface area (Å²) in [5, 5.41) is 13.9. The zero-order chi connectivity index (χ0) is 20.9. The first-order chi connectivity index (χ1) is 14.6.